The Kier molecular flexibility index (Phi) is 8.30. The first kappa shape index (κ1) is 20.0. The predicted molar refractivity (Wildman–Crippen MR) is 101 cm³/mol. The lowest BCUT2D eigenvalue weighted by molar-refractivity contribution is -0.117. The van der Waals surface area contributed by atoms with Crippen LogP contribution in [0.5, 0.6) is 5.75 Å². The second-order valence-electron chi connectivity index (χ2n) is 5.64. The van der Waals surface area contributed by atoms with E-state index < -0.39 is 6.04 Å². The van der Waals surface area contributed by atoms with E-state index >= 15 is 0 Å². The van der Waals surface area contributed by atoms with E-state index in [0.717, 1.165) is 29.0 Å². The first-order valence-electron chi connectivity index (χ1n) is 7.94. The number of carbonyl (C=O) groups excluding carboxylic acids is 1. The van der Waals surface area contributed by atoms with Crippen molar-refractivity contribution in [3.8, 4) is 5.75 Å². The van der Waals surface area contributed by atoms with Crippen molar-refractivity contribution in [2.45, 2.75) is 39.3 Å². The zero-order valence-electron chi connectivity index (χ0n) is 14.1. The maximum absolute atomic E-state index is 12.0. The molecule has 130 valence electrons. The average molecular weight is 349 g/mol. The first-order chi connectivity index (χ1) is 11.1. The number of nitrogens with one attached hydrogen (secondary N) is 1. The summed E-state index contributed by atoms with van der Waals surface area (Å²) in [5.41, 5.74) is 8.67. The number of carbonyl (C=O) groups is 1. The van der Waals surface area contributed by atoms with Crippen LogP contribution in [-0.4, -0.2) is 11.9 Å². The number of aryl methyl sites for hydroxylation is 1. The van der Waals surface area contributed by atoms with E-state index in [2.05, 4.69) is 5.32 Å². The number of hydrogen-bond acceptors (Lipinski definition) is 3. The van der Waals surface area contributed by atoms with E-state index in [1.54, 1.807) is 0 Å². The van der Waals surface area contributed by atoms with Crippen molar-refractivity contribution in [2.24, 2.45) is 5.73 Å². The summed E-state index contributed by atoms with van der Waals surface area (Å²) in [6, 6.07) is 15.2. The summed E-state index contributed by atoms with van der Waals surface area (Å²) in [6.45, 7) is 4.47. The fraction of sp³-hybridized carbons (Fsp3) is 0.316. The molecule has 0 saturated heterocycles. The molecule has 0 saturated carbocycles. The van der Waals surface area contributed by atoms with Crippen molar-refractivity contribution in [3.05, 3.63) is 59.7 Å². The molecule has 1 atom stereocenters. The van der Waals surface area contributed by atoms with Gasteiger partial charge in [0, 0.05) is 5.69 Å². The number of hydrogen-bond donors (Lipinski definition) is 2. The third-order valence-electron chi connectivity index (χ3n) is 3.64. The topological polar surface area (TPSA) is 64.4 Å². The molecular weight excluding hydrogens is 324 g/mol. The summed E-state index contributed by atoms with van der Waals surface area (Å²) in [7, 11) is 0. The quantitative estimate of drug-likeness (QED) is 0.793. The van der Waals surface area contributed by atoms with Crippen molar-refractivity contribution in [1.29, 1.82) is 0 Å². The molecule has 0 aromatic heterocycles. The molecule has 1 amide bonds. The molecule has 0 bridgehead atoms. The molecule has 0 radical (unpaired) electrons. The van der Waals surface area contributed by atoms with Gasteiger partial charge in [-0.1, -0.05) is 43.7 Å². The van der Waals surface area contributed by atoms with Crippen molar-refractivity contribution in [1.82, 2.24) is 0 Å². The predicted octanol–water partition coefficient (Wildman–Crippen LogP) is 4.06. The summed E-state index contributed by atoms with van der Waals surface area (Å²) in [4.78, 5) is 12.0. The van der Waals surface area contributed by atoms with Crippen molar-refractivity contribution >= 4 is 24.0 Å². The van der Waals surface area contributed by atoms with Crippen molar-refractivity contribution in [2.75, 3.05) is 5.32 Å². The summed E-state index contributed by atoms with van der Waals surface area (Å²) in [5.74, 6) is 0.634. The summed E-state index contributed by atoms with van der Waals surface area (Å²) in [5, 5.41) is 2.88. The van der Waals surface area contributed by atoms with Crippen LogP contribution in [0.3, 0.4) is 0 Å². The molecule has 24 heavy (non-hydrogen) atoms. The Morgan fingerprint density at radius 1 is 1.21 bits per heavy atom. The Labute approximate surface area is 149 Å². The van der Waals surface area contributed by atoms with Crippen LogP contribution in [0.2, 0.25) is 0 Å². The van der Waals surface area contributed by atoms with E-state index in [0.29, 0.717) is 13.0 Å². The molecule has 4 nitrogen and oxygen atoms in total. The summed E-state index contributed by atoms with van der Waals surface area (Å²) < 4.78 is 5.78. The Morgan fingerprint density at radius 3 is 2.54 bits per heavy atom. The third-order valence-corrected chi connectivity index (χ3v) is 3.64. The fourth-order valence-corrected chi connectivity index (χ4v) is 2.27. The maximum Gasteiger partial charge on any atom is 0.241 e. The molecule has 5 heteroatoms. The number of halogens is 1. The lowest BCUT2D eigenvalue weighted by atomic mass is 10.1. The molecule has 0 aliphatic carbocycles. The van der Waals surface area contributed by atoms with Gasteiger partial charge >= 0.3 is 0 Å². The minimum Gasteiger partial charge on any atom is -0.489 e. The van der Waals surface area contributed by atoms with Crippen LogP contribution in [0, 0.1) is 6.92 Å². The Morgan fingerprint density at radius 2 is 1.92 bits per heavy atom. The number of rotatable bonds is 7. The molecule has 3 N–H and O–H groups in total. The van der Waals surface area contributed by atoms with Crippen LogP contribution in [0.1, 0.15) is 30.9 Å². The second kappa shape index (κ2) is 9.96. The summed E-state index contributed by atoms with van der Waals surface area (Å²) in [6.07, 6.45) is 1.57. The molecule has 0 fully saturated rings. The van der Waals surface area contributed by atoms with Crippen LogP contribution in [0.15, 0.2) is 48.5 Å². The monoisotopic (exact) mass is 348 g/mol. The second-order valence-corrected chi connectivity index (χ2v) is 5.64. The number of benzene rings is 2. The van der Waals surface area contributed by atoms with Crippen LogP contribution in [-0.2, 0) is 11.4 Å². The first-order valence-corrected chi connectivity index (χ1v) is 7.94. The Balaban J connectivity index is 0.00000288. The molecule has 0 heterocycles. The highest BCUT2D eigenvalue weighted by Crippen LogP contribution is 2.22. The maximum atomic E-state index is 12.0. The normalized spacial score (nSPS) is 11.3. The third kappa shape index (κ3) is 5.87. The molecule has 2 rings (SSSR count). The smallest absolute Gasteiger partial charge is 0.241 e. The molecule has 2 aromatic carbocycles. The molecule has 0 aliphatic rings. The highest BCUT2D eigenvalue weighted by Gasteiger charge is 2.13. The molecular formula is C19H25ClN2O2. The van der Waals surface area contributed by atoms with Gasteiger partial charge in [0.05, 0.1) is 6.04 Å². The van der Waals surface area contributed by atoms with E-state index in [9.17, 15) is 4.79 Å². The van der Waals surface area contributed by atoms with Gasteiger partial charge in [-0.2, -0.15) is 0 Å². The molecule has 2 aromatic rings. The summed E-state index contributed by atoms with van der Waals surface area (Å²) >= 11 is 0. The van der Waals surface area contributed by atoms with Gasteiger partial charge in [-0.25, -0.2) is 0 Å². The highest BCUT2D eigenvalue weighted by atomic mass is 35.5. The van der Waals surface area contributed by atoms with E-state index in [-0.39, 0.29) is 18.3 Å². The van der Waals surface area contributed by atoms with Gasteiger partial charge in [-0.15, -0.1) is 12.4 Å². The van der Waals surface area contributed by atoms with Gasteiger partial charge < -0.3 is 15.8 Å². The zero-order valence-corrected chi connectivity index (χ0v) is 14.9. The van der Waals surface area contributed by atoms with Crippen LogP contribution in [0.4, 0.5) is 5.69 Å². The lowest BCUT2D eigenvalue weighted by Crippen LogP contribution is -2.35. The average Bonchev–Trinajstić information content (AvgIpc) is 2.56. The van der Waals surface area contributed by atoms with Crippen LogP contribution >= 0.6 is 12.4 Å². The van der Waals surface area contributed by atoms with Crippen molar-refractivity contribution < 1.29 is 9.53 Å². The SMILES string of the molecule is CCCC(N)C(=O)Nc1ccc(OCc2ccccc2)cc1C.Cl. The van der Waals surface area contributed by atoms with Gasteiger partial charge in [0.15, 0.2) is 0 Å². The van der Waals surface area contributed by atoms with Gasteiger partial charge in [0.1, 0.15) is 12.4 Å². The van der Waals surface area contributed by atoms with E-state index in [1.165, 1.54) is 0 Å². The standard InChI is InChI=1S/C19H24N2O2.ClH/c1-3-7-17(20)19(22)21-18-11-10-16(12-14(18)2)23-13-15-8-5-4-6-9-15;/h4-6,8-12,17H,3,7,13,20H2,1-2H3,(H,21,22);1H. The Bertz CT molecular complexity index is 647. The number of nitrogens with two attached hydrogens (primary N) is 1. The number of anilines is 1. The van der Waals surface area contributed by atoms with Gasteiger partial charge in [0.2, 0.25) is 5.91 Å². The minimum atomic E-state index is -0.464. The van der Waals surface area contributed by atoms with E-state index in [1.807, 2.05) is 62.4 Å². The highest BCUT2D eigenvalue weighted by molar-refractivity contribution is 5.95. The van der Waals surface area contributed by atoms with Gasteiger partial charge in [-0.3, -0.25) is 4.79 Å². The van der Waals surface area contributed by atoms with Crippen LogP contribution in [0.25, 0.3) is 0 Å². The van der Waals surface area contributed by atoms with E-state index in [4.69, 9.17) is 10.5 Å². The largest absolute Gasteiger partial charge is 0.489 e. The van der Waals surface area contributed by atoms with Crippen molar-refractivity contribution in [3.63, 3.8) is 0 Å². The van der Waals surface area contributed by atoms with Gasteiger partial charge in [-0.05, 0) is 42.7 Å². The fourth-order valence-electron chi connectivity index (χ4n) is 2.27. The lowest BCUT2D eigenvalue weighted by Gasteiger charge is -2.14. The number of ether oxygens (including phenoxy) is 1. The molecule has 0 spiro atoms. The number of amides is 1. The van der Waals surface area contributed by atoms with Crippen LogP contribution < -0.4 is 15.8 Å². The molecule has 0 aliphatic heterocycles. The zero-order chi connectivity index (χ0) is 16.7. The molecule has 1 unspecified atom stereocenters. The van der Waals surface area contributed by atoms with Gasteiger partial charge in [0.25, 0.3) is 0 Å². The minimum absolute atomic E-state index is 0. The Hall–Kier alpha value is -2.04.